The van der Waals surface area contributed by atoms with Crippen molar-refractivity contribution in [3.63, 3.8) is 0 Å². The first kappa shape index (κ1) is 13.9. The van der Waals surface area contributed by atoms with Crippen molar-refractivity contribution in [2.45, 2.75) is 39.8 Å². The highest BCUT2D eigenvalue weighted by Crippen LogP contribution is 2.17. The smallest absolute Gasteiger partial charge is 0.0195 e. The zero-order valence-corrected chi connectivity index (χ0v) is 11.6. The topological polar surface area (TPSA) is 32.5 Å². The number of piperazine rings is 1. The normalized spacial score (nSPS) is 30.9. The van der Waals surface area contributed by atoms with Gasteiger partial charge in [-0.2, -0.15) is 0 Å². The van der Waals surface area contributed by atoms with Crippen LogP contribution in [-0.4, -0.2) is 55.1 Å². The summed E-state index contributed by atoms with van der Waals surface area (Å²) in [6.45, 7) is 13.5. The fourth-order valence-corrected chi connectivity index (χ4v) is 2.55. The number of hydrogen-bond donors (Lipinski definition) is 1. The lowest BCUT2D eigenvalue weighted by Gasteiger charge is -2.43. The average Bonchev–Trinajstić information content (AvgIpc) is 2.21. The first-order valence-electron chi connectivity index (χ1n) is 6.60. The minimum absolute atomic E-state index is 0.641. The van der Waals surface area contributed by atoms with Gasteiger partial charge in [0.05, 0.1) is 0 Å². The van der Waals surface area contributed by atoms with Gasteiger partial charge in [-0.05, 0) is 39.3 Å². The number of rotatable bonds is 4. The van der Waals surface area contributed by atoms with Crippen LogP contribution in [0.15, 0.2) is 0 Å². The van der Waals surface area contributed by atoms with Crippen LogP contribution in [0.1, 0.15) is 27.7 Å². The molecule has 1 aliphatic heterocycles. The maximum atomic E-state index is 5.85. The van der Waals surface area contributed by atoms with Crippen LogP contribution in [-0.2, 0) is 0 Å². The monoisotopic (exact) mass is 227 g/mol. The number of likely N-dealkylation sites (N-methyl/N-ethyl adjacent to an activating group) is 1. The Hall–Kier alpha value is -0.120. The Kier molecular flexibility index (Phi) is 5.22. The van der Waals surface area contributed by atoms with Crippen molar-refractivity contribution in [2.75, 3.05) is 33.2 Å². The summed E-state index contributed by atoms with van der Waals surface area (Å²) >= 11 is 0. The van der Waals surface area contributed by atoms with Gasteiger partial charge in [-0.25, -0.2) is 0 Å². The first-order valence-corrected chi connectivity index (χ1v) is 6.60. The molecule has 16 heavy (non-hydrogen) atoms. The summed E-state index contributed by atoms with van der Waals surface area (Å²) in [6, 6.07) is 1.32. The zero-order chi connectivity index (χ0) is 12.3. The molecule has 1 saturated heterocycles. The van der Waals surface area contributed by atoms with E-state index in [9.17, 15) is 0 Å². The predicted octanol–water partition coefficient (Wildman–Crippen LogP) is 1.24. The summed E-state index contributed by atoms with van der Waals surface area (Å²) in [5.41, 5.74) is 5.85. The second-order valence-corrected chi connectivity index (χ2v) is 5.82. The van der Waals surface area contributed by atoms with Crippen LogP contribution in [0, 0.1) is 11.8 Å². The highest BCUT2D eigenvalue weighted by atomic mass is 15.3. The van der Waals surface area contributed by atoms with Crippen molar-refractivity contribution in [1.29, 1.82) is 0 Å². The van der Waals surface area contributed by atoms with Gasteiger partial charge < -0.3 is 5.73 Å². The molecule has 0 aliphatic carbocycles. The van der Waals surface area contributed by atoms with Gasteiger partial charge in [0, 0.05) is 31.7 Å². The van der Waals surface area contributed by atoms with Crippen molar-refractivity contribution in [2.24, 2.45) is 17.6 Å². The molecule has 0 spiro atoms. The van der Waals surface area contributed by atoms with Crippen molar-refractivity contribution in [3.8, 4) is 0 Å². The lowest BCUT2D eigenvalue weighted by Crippen LogP contribution is -2.56. The molecule has 0 aromatic heterocycles. The van der Waals surface area contributed by atoms with Crippen LogP contribution in [0.25, 0.3) is 0 Å². The molecule has 0 aromatic rings. The molecule has 0 bridgehead atoms. The third-order valence-corrected chi connectivity index (χ3v) is 4.17. The molecular weight excluding hydrogens is 198 g/mol. The number of hydrogen-bond acceptors (Lipinski definition) is 3. The predicted molar refractivity (Wildman–Crippen MR) is 70.5 cm³/mol. The van der Waals surface area contributed by atoms with E-state index in [1.165, 1.54) is 13.1 Å². The highest BCUT2D eigenvalue weighted by Gasteiger charge is 2.28. The first-order chi connectivity index (χ1) is 7.45. The Morgan fingerprint density at radius 3 is 2.06 bits per heavy atom. The quantitative estimate of drug-likeness (QED) is 0.784. The average molecular weight is 227 g/mol. The number of nitrogens with zero attached hydrogens (tertiary/aromatic N) is 2. The van der Waals surface area contributed by atoms with Crippen molar-refractivity contribution in [3.05, 3.63) is 0 Å². The van der Waals surface area contributed by atoms with Crippen molar-refractivity contribution >= 4 is 0 Å². The fourth-order valence-electron chi connectivity index (χ4n) is 2.55. The molecule has 3 unspecified atom stereocenters. The molecule has 1 heterocycles. The molecule has 1 fully saturated rings. The van der Waals surface area contributed by atoms with Gasteiger partial charge in [-0.3, -0.25) is 9.80 Å². The second-order valence-electron chi connectivity index (χ2n) is 5.82. The Bertz CT molecular complexity index is 193. The molecule has 2 N–H and O–H groups in total. The van der Waals surface area contributed by atoms with E-state index in [4.69, 9.17) is 5.73 Å². The minimum atomic E-state index is 0.641. The Morgan fingerprint density at radius 1 is 1.19 bits per heavy atom. The Balaban J connectivity index is 2.49. The zero-order valence-electron chi connectivity index (χ0n) is 11.6. The van der Waals surface area contributed by atoms with Gasteiger partial charge in [0.15, 0.2) is 0 Å². The standard InChI is InChI=1S/C13H29N3/c1-10(2)13(6-14)9-16-7-11(3)15(5)12(4)8-16/h10-13H,6-9,14H2,1-5H3. The fraction of sp³-hybridized carbons (Fsp3) is 1.00. The SMILES string of the molecule is CC(C)C(CN)CN1CC(C)N(C)C(C)C1. The maximum Gasteiger partial charge on any atom is 0.0195 e. The van der Waals surface area contributed by atoms with Crippen LogP contribution in [0.4, 0.5) is 0 Å². The molecule has 1 aliphatic rings. The minimum Gasteiger partial charge on any atom is -0.330 e. The van der Waals surface area contributed by atoms with Gasteiger partial charge in [0.2, 0.25) is 0 Å². The van der Waals surface area contributed by atoms with Crippen molar-refractivity contribution in [1.82, 2.24) is 9.80 Å². The van der Waals surface area contributed by atoms with E-state index >= 15 is 0 Å². The van der Waals surface area contributed by atoms with Gasteiger partial charge in [0.1, 0.15) is 0 Å². The van der Waals surface area contributed by atoms with Crippen LogP contribution < -0.4 is 5.73 Å². The van der Waals surface area contributed by atoms with Gasteiger partial charge in [0.25, 0.3) is 0 Å². The molecule has 0 aromatic carbocycles. The second kappa shape index (κ2) is 5.99. The Morgan fingerprint density at radius 2 is 1.69 bits per heavy atom. The molecule has 96 valence electrons. The number of nitrogens with two attached hydrogens (primary N) is 1. The van der Waals surface area contributed by atoms with Gasteiger partial charge in [-0.1, -0.05) is 13.8 Å². The van der Waals surface area contributed by atoms with E-state index < -0.39 is 0 Å². The summed E-state index contributed by atoms with van der Waals surface area (Å²) < 4.78 is 0. The van der Waals surface area contributed by atoms with Crippen LogP contribution in [0.5, 0.6) is 0 Å². The molecule has 3 heteroatoms. The lowest BCUT2D eigenvalue weighted by atomic mass is 9.94. The summed E-state index contributed by atoms with van der Waals surface area (Å²) in [5.74, 6) is 1.33. The molecule has 0 amide bonds. The maximum absolute atomic E-state index is 5.85. The summed E-state index contributed by atoms with van der Waals surface area (Å²) in [4.78, 5) is 5.07. The summed E-state index contributed by atoms with van der Waals surface area (Å²) in [5, 5.41) is 0. The van der Waals surface area contributed by atoms with E-state index in [1.807, 2.05) is 0 Å². The third kappa shape index (κ3) is 3.44. The summed E-state index contributed by atoms with van der Waals surface area (Å²) in [6.07, 6.45) is 0. The van der Waals surface area contributed by atoms with E-state index in [0.717, 1.165) is 13.1 Å². The van der Waals surface area contributed by atoms with E-state index in [2.05, 4.69) is 44.5 Å². The molecule has 1 rings (SSSR count). The molecule has 0 radical (unpaired) electrons. The van der Waals surface area contributed by atoms with Crippen molar-refractivity contribution < 1.29 is 0 Å². The van der Waals surface area contributed by atoms with E-state index in [1.54, 1.807) is 0 Å². The molecule has 3 atom stereocenters. The molecular formula is C13H29N3. The highest BCUT2D eigenvalue weighted by molar-refractivity contribution is 4.84. The van der Waals surface area contributed by atoms with Gasteiger partial charge >= 0.3 is 0 Å². The Labute approximate surface area is 101 Å². The van der Waals surface area contributed by atoms with Crippen LogP contribution in [0.2, 0.25) is 0 Å². The van der Waals surface area contributed by atoms with E-state index in [-0.39, 0.29) is 0 Å². The lowest BCUT2D eigenvalue weighted by molar-refractivity contribution is 0.0468. The summed E-state index contributed by atoms with van der Waals surface area (Å²) in [7, 11) is 2.23. The van der Waals surface area contributed by atoms with Gasteiger partial charge in [-0.15, -0.1) is 0 Å². The van der Waals surface area contributed by atoms with Crippen LogP contribution in [0.3, 0.4) is 0 Å². The molecule has 0 saturated carbocycles. The third-order valence-electron chi connectivity index (χ3n) is 4.17. The molecule has 3 nitrogen and oxygen atoms in total. The largest absolute Gasteiger partial charge is 0.330 e. The van der Waals surface area contributed by atoms with E-state index in [0.29, 0.717) is 23.9 Å². The van der Waals surface area contributed by atoms with Crippen LogP contribution >= 0.6 is 0 Å².